The van der Waals surface area contributed by atoms with Gasteiger partial charge in [-0.25, -0.2) is 0 Å². The van der Waals surface area contributed by atoms with Crippen molar-refractivity contribution < 1.29 is 14.4 Å². The zero-order valence-electron chi connectivity index (χ0n) is 17.1. The molecule has 4 nitrogen and oxygen atoms in total. The number of benzene rings is 3. The molecule has 7 rings (SSSR count). The monoisotopic (exact) mass is 407 g/mol. The highest BCUT2D eigenvalue weighted by Gasteiger charge is 2.69. The van der Waals surface area contributed by atoms with Gasteiger partial charge in [0.15, 0.2) is 0 Å². The van der Waals surface area contributed by atoms with E-state index in [4.69, 9.17) is 0 Å². The van der Waals surface area contributed by atoms with Gasteiger partial charge in [0.2, 0.25) is 11.8 Å². The normalized spacial score (nSPS) is 27.6. The van der Waals surface area contributed by atoms with Crippen molar-refractivity contribution in [1.29, 1.82) is 0 Å². The smallest absolute Gasteiger partial charge is 0.235 e. The quantitative estimate of drug-likeness (QED) is 0.620. The molecule has 0 aromatic heterocycles. The lowest BCUT2D eigenvalue weighted by Gasteiger charge is -2.52. The molecule has 1 heterocycles. The molecule has 2 atom stereocenters. The molecule has 0 N–H and O–H groups in total. The first-order valence-corrected chi connectivity index (χ1v) is 10.7. The number of likely N-dealkylation sites (tertiary alicyclic amines) is 1. The van der Waals surface area contributed by atoms with Gasteiger partial charge in [0, 0.05) is 5.92 Å². The van der Waals surface area contributed by atoms with Crippen LogP contribution in [-0.2, 0) is 26.3 Å². The highest BCUT2D eigenvalue weighted by molar-refractivity contribution is 6.12. The zero-order valence-corrected chi connectivity index (χ0v) is 17.1. The Labute approximate surface area is 180 Å². The Morgan fingerprint density at radius 2 is 1.35 bits per heavy atom. The van der Waals surface area contributed by atoms with Crippen LogP contribution in [0.2, 0.25) is 0 Å². The number of carbonyl (C=O) groups is 3. The Morgan fingerprint density at radius 1 is 0.806 bits per heavy atom. The molecule has 4 aliphatic rings. The van der Waals surface area contributed by atoms with Crippen molar-refractivity contribution >= 4 is 17.6 Å². The Morgan fingerprint density at radius 3 is 1.94 bits per heavy atom. The van der Waals surface area contributed by atoms with Crippen LogP contribution in [0.4, 0.5) is 0 Å². The summed E-state index contributed by atoms with van der Waals surface area (Å²) in [6.45, 7) is 1.80. The van der Waals surface area contributed by atoms with E-state index >= 15 is 0 Å². The number of rotatable bonds is 3. The Balaban J connectivity index is 1.61. The largest absolute Gasteiger partial charge is 0.299 e. The first-order chi connectivity index (χ1) is 15.1. The van der Waals surface area contributed by atoms with E-state index in [1.54, 1.807) is 6.92 Å². The maximum Gasteiger partial charge on any atom is 0.235 e. The van der Waals surface area contributed by atoms with Crippen molar-refractivity contribution in [2.45, 2.75) is 24.8 Å². The summed E-state index contributed by atoms with van der Waals surface area (Å²) in [5.74, 6) is -1.94. The van der Waals surface area contributed by atoms with Crippen LogP contribution in [0.1, 0.15) is 40.7 Å². The zero-order chi connectivity index (χ0) is 21.3. The molecule has 0 spiro atoms. The number of ketones is 1. The van der Waals surface area contributed by atoms with E-state index in [0.717, 1.165) is 27.8 Å². The fourth-order valence-electron chi connectivity index (χ4n) is 6.35. The topological polar surface area (TPSA) is 54.5 Å². The number of nitrogens with zero attached hydrogens (tertiary/aromatic N) is 1. The molecular weight excluding hydrogens is 386 g/mol. The van der Waals surface area contributed by atoms with Crippen LogP contribution in [-0.4, -0.2) is 22.5 Å². The minimum Gasteiger partial charge on any atom is -0.299 e. The van der Waals surface area contributed by atoms with E-state index in [2.05, 4.69) is 0 Å². The summed E-state index contributed by atoms with van der Waals surface area (Å²) in [5.41, 5.74) is 3.55. The van der Waals surface area contributed by atoms with Crippen LogP contribution in [0, 0.1) is 11.8 Å². The number of imide groups is 1. The molecule has 3 aromatic carbocycles. The molecule has 0 unspecified atom stereocenters. The SMILES string of the molecule is CC(=O)C12c3ccccc3C(c3ccccc31)[C@@H]1C(=O)N(Cc3ccccc3)C(=O)[C@H]12. The molecule has 1 saturated heterocycles. The van der Waals surface area contributed by atoms with Gasteiger partial charge >= 0.3 is 0 Å². The molecule has 152 valence electrons. The number of carbonyl (C=O) groups excluding carboxylic acids is 3. The predicted octanol–water partition coefficient (Wildman–Crippen LogP) is 3.82. The van der Waals surface area contributed by atoms with Gasteiger partial charge in [0.1, 0.15) is 5.78 Å². The molecule has 2 bridgehead atoms. The van der Waals surface area contributed by atoms with Gasteiger partial charge in [-0.05, 0) is 34.7 Å². The summed E-state index contributed by atoms with van der Waals surface area (Å²) >= 11 is 0. The summed E-state index contributed by atoms with van der Waals surface area (Å²) in [7, 11) is 0. The molecule has 3 aliphatic carbocycles. The number of hydrogen-bond acceptors (Lipinski definition) is 3. The molecule has 1 aliphatic heterocycles. The molecule has 3 aromatic rings. The first-order valence-electron chi connectivity index (χ1n) is 10.7. The third-order valence-electron chi connectivity index (χ3n) is 7.45. The molecule has 0 radical (unpaired) electrons. The van der Waals surface area contributed by atoms with Gasteiger partial charge in [0.05, 0.1) is 23.8 Å². The summed E-state index contributed by atoms with van der Waals surface area (Å²) < 4.78 is 0. The maximum atomic E-state index is 13.8. The van der Waals surface area contributed by atoms with E-state index in [0.29, 0.717) is 0 Å². The molecule has 31 heavy (non-hydrogen) atoms. The molecule has 4 heteroatoms. The third-order valence-corrected chi connectivity index (χ3v) is 7.45. The predicted molar refractivity (Wildman–Crippen MR) is 115 cm³/mol. The standard InChI is InChI=1S/C27H21NO3/c1-16(29)27-20-13-7-5-11-18(20)22(19-12-6-8-14-21(19)27)23-24(27)26(31)28(25(23)30)15-17-9-3-2-4-10-17/h2-14,22-24H,15H2,1H3/t22?,23-,24-,27?/m0/s1. The number of amides is 2. The van der Waals surface area contributed by atoms with Gasteiger partial charge in [-0.2, -0.15) is 0 Å². The summed E-state index contributed by atoms with van der Waals surface area (Å²) in [6, 6.07) is 25.3. The number of Topliss-reactive ketones (excluding diaryl/α,β-unsaturated/α-hetero) is 1. The van der Waals surface area contributed by atoms with Crippen LogP contribution in [0.15, 0.2) is 78.9 Å². The average molecular weight is 407 g/mol. The van der Waals surface area contributed by atoms with Crippen molar-refractivity contribution in [3.63, 3.8) is 0 Å². The second kappa shape index (κ2) is 6.24. The highest BCUT2D eigenvalue weighted by atomic mass is 16.2. The van der Waals surface area contributed by atoms with Gasteiger partial charge in [0.25, 0.3) is 0 Å². The van der Waals surface area contributed by atoms with Gasteiger partial charge in [-0.3, -0.25) is 19.3 Å². The molecule has 1 fully saturated rings. The van der Waals surface area contributed by atoms with E-state index < -0.39 is 17.3 Å². The minimum atomic E-state index is -1.12. The van der Waals surface area contributed by atoms with E-state index in [1.165, 1.54) is 4.90 Å². The van der Waals surface area contributed by atoms with Crippen LogP contribution in [0.5, 0.6) is 0 Å². The van der Waals surface area contributed by atoms with Crippen molar-refractivity contribution in [2.24, 2.45) is 11.8 Å². The fourth-order valence-corrected chi connectivity index (χ4v) is 6.35. The van der Waals surface area contributed by atoms with E-state index in [1.807, 2.05) is 78.9 Å². The van der Waals surface area contributed by atoms with Crippen LogP contribution < -0.4 is 0 Å². The van der Waals surface area contributed by atoms with Crippen LogP contribution in [0.3, 0.4) is 0 Å². The van der Waals surface area contributed by atoms with Gasteiger partial charge < -0.3 is 0 Å². The average Bonchev–Trinajstić information content (AvgIpc) is 3.05. The third kappa shape index (κ3) is 2.12. The van der Waals surface area contributed by atoms with Crippen molar-refractivity contribution in [2.75, 3.05) is 0 Å². The Hall–Kier alpha value is -3.53. The second-order valence-corrected chi connectivity index (χ2v) is 8.77. The maximum absolute atomic E-state index is 13.8. The molecular formula is C27H21NO3. The minimum absolute atomic E-state index is 0.0803. The van der Waals surface area contributed by atoms with Crippen LogP contribution in [0.25, 0.3) is 0 Å². The summed E-state index contributed by atoms with van der Waals surface area (Å²) in [4.78, 5) is 42.4. The number of hydrogen-bond donors (Lipinski definition) is 0. The van der Waals surface area contributed by atoms with Crippen molar-refractivity contribution in [3.8, 4) is 0 Å². The van der Waals surface area contributed by atoms with Crippen molar-refractivity contribution in [1.82, 2.24) is 4.90 Å². The van der Waals surface area contributed by atoms with E-state index in [9.17, 15) is 14.4 Å². The fraction of sp³-hybridized carbons (Fsp3) is 0.222. The second-order valence-electron chi connectivity index (χ2n) is 8.77. The lowest BCUT2D eigenvalue weighted by Crippen LogP contribution is -2.57. The first kappa shape index (κ1) is 18.3. The van der Waals surface area contributed by atoms with Gasteiger partial charge in [-0.15, -0.1) is 0 Å². The van der Waals surface area contributed by atoms with Crippen LogP contribution >= 0.6 is 0 Å². The molecule has 2 amide bonds. The lowest BCUT2D eigenvalue weighted by atomic mass is 9.46. The van der Waals surface area contributed by atoms with E-state index in [-0.39, 0.29) is 30.1 Å². The highest BCUT2D eigenvalue weighted by Crippen LogP contribution is 2.64. The molecule has 0 saturated carbocycles. The lowest BCUT2D eigenvalue weighted by molar-refractivity contribution is -0.142. The van der Waals surface area contributed by atoms with Gasteiger partial charge in [-0.1, -0.05) is 78.9 Å². The summed E-state index contributed by atoms with van der Waals surface area (Å²) in [5, 5.41) is 0. The Bertz CT molecular complexity index is 1210. The van der Waals surface area contributed by atoms with Crippen molar-refractivity contribution in [3.05, 3.63) is 107 Å². The Kier molecular flexibility index (Phi) is 3.67. The summed E-state index contributed by atoms with van der Waals surface area (Å²) in [6.07, 6.45) is 0.